The SMILES string of the molecule is CC(=O)N[C@]12C[C@@]3(OC(C)=O)C[C@H](O[C@H]([C@H]3OC(C)=O)[C@H]1OCc1ccccc1)[C@H]2OCc1ccccc1. The number of esters is 2. The molecule has 2 aromatic carbocycles. The molecule has 4 fully saturated rings. The lowest BCUT2D eigenvalue weighted by molar-refractivity contribution is -0.361. The Hall–Kier alpha value is -3.27. The highest BCUT2D eigenvalue weighted by molar-refractivity contribution is 5.74. The van der Waals surface area contributed by atoms with E-state index in [1.807, 2.05) is 60.7 Å². The first-order chi connectivity index (χ1) is 18.2. The molecule has 0 aromatic heterocycles. The van der Waals surface area contributed by atoms with E-state index in [1.165, 1.54) is 20.8 Å². The molecule has 38 heavy (non-hydrogen) atoms. The maximum atomic E-state index is 12.7. The van der Waals surface area contributed by atoms with Crippen molar-refractivity contribution in [2.75, 3.05) is 0 Å². The Kier molecular flexibility index (Phi) is 7.26. The molecular weight excluding hydrogens is 490 g/mol. The number of ether oxygens (including phenoxy) is 5. The van der Waals surface area contributed by atoms with Gasteiger partial charge in [-0.3, -0.25) is 14.4 Å². The molecule has 7 atom stereocenters. The van der Waals surface area contributed by atoms with Gasteiger partial charge in [-0.05, 0) is 11.1 Å². The van der Waals surface area contributed by atoms with E-state index in [9.17, 15) is 14.4 Å². The molecule has 2 aliphatic heterocycles. The Morgan fingerprint density at radius 3 is 1.95 bits per heavy atom. The van der Waals surface area contributed by atoms with Crippen molar-refractivity contribution in [1.82, 2.24) is 5.32 Å². The van der Waals surface area contributed by atoms with E-state index in [0.29, 0.717) is 0 Å². The number of amides is 1. The third-order valence-electron chi connectivity index (χ3n) is 7.53. The third-order valence-corrected chi connectivity index (χ3v) is 7.53. The summed E-state index contributed by atoms with van der Waals surface area (Å²) < 4.78 is 31.2. The minimum absolute atomic E-state index is 0.145. The molecule has 2 aliphatic carbocycles. The topological polar surface area (TPSA) is 109 Å². The third kappa shape index (κ3) is 4.93. The molecule has 2 heterocycles. The average molecular weight is 524 g/mol. The fraction of sp³-hybridized carbons (Fsp3) is 0.483. The van der Waals surface area contributed by atoms with E-state index < -0.39 is 53.6 Å². The summed E-state index contributed by atoms with van der Waals surface area (Å²) in [4.78, 5) is 37.2. The Bertz CT molecular complexity index is 1170. The zero-order valence-electron chi connectivity index (χ0n) is 21.8. The summed E-state index contributed by atoms with van der Waals surface area (Å²) >= 11 is 0. The predicted molar refractivity (Wildman–Crippen MR) is 135 cm³/mol. The smallest absolute Gasteiger partial charge is 0.303 e. The van der Waals surface area contributed by atoms with Crippen LogP contribution in [0.25, 0.3) is 0 Å². The van der Waals surface area contributed by atoms with Gasteiger partial charge in [0.2, 0.25) is 5.91 Å². The van der Waals surface area contributed by atoms with Crippen LogP contribution in [0, 0.1) is 0 Å². The zero-order chi connectivity index (χ0) is 26.9. The van der Waals surface area contributed by atoms with Gasteiger partial charge in [-0.25, -0.2) is 0 Å². The van der Waals surface area contributed by atoms with Crippen molar-refractivity contribution < 1.29 is 38.1 Å². The first kappa shape index (κ1) is 26.3. The number of nitrogens with one attached hydrogen (secondary N) is 1. The molecule has 1 N–H and O–H groups in total. The van der Waals surface area contributed by atoms with Crippen molar-refractivity contribution in [2.24, 2.45) is 0 Å². The van der Waals surface area contributed by atoms with Crippen LogP contribution < -0.4 is 5.32 Å². The van der Waals surface area contributed by atoms with Crippen molar-refractivity contribution in [1.29, 1.82) is 0 Å². The second kappa shape index (κ2) is 10.5. The average Bonchev–Trinajstić information content (AvgIpc) is 2.85. The highest BCUT2D eigenvalue weighted by atomic mass is 16.6. The molecule has 0 spiro atoms. The molecule has 0 unspecified atom stereocenters. The summed E-state index contributed by atoms with van der Waals surface area (Å²) in [7, 11) is 0. The number of benzene rings is 2. The minimum Gasteiger partial charge on any atom is -0.455 e. The second-order valence-electron chi connectivity index (χ2n) is 10.4. The van der Waals surface area contributed by atoms with Crippen LogP contribution in [0.3, 0.4) is 0 Å². The van der Waals surface area contributed by atoms with Crippen LogP contribution in [0.4, 0.5) is 0 Å². The fourth-order valence-corrected chi connectivity index (χ4v) is 6.45. The lowest BCUT2D eigenvalue weighted by Crippen LogP contribution is -2.87. The molecule has 9 heteroatoms. The van der Waals surface area contributed by atoms with Gasteiger partial charge in [0, 0.05) is 33.6 Å². The van der Waals surface area contributed by atoms with Gasteiger partial charge in [0.1, 0.15) is 23.9 Å². The van der Waals surface area contributed by atoms with Crippen LogP contribution in [-0.2, 0) is 51.3 Å². The van der Waals surface area contributed by atoms with Gasteiger partial charge in [0.05, 0.1) is 19.3 Å². The Labute approximate surface area is 221 Å². The summed E-state index contributed by atoms with van der Waals surface area (Å²) in [6, 6.07) is 19.3. The summed E-state index contributed by atoms with van der Waals surface area (Å²) in [5, 5.41) is 3.13. The van der Waals surface area contributed by atoms with Crippen molar-refractivity contribution in [3.63, 3.8) is 0 Å². The summed E-state index contributed by atoms with van der Waals surface area (Å²) in [5.41, 5.74) is -0.409. The second-order valence-corrected chi connectivity index (χ2v) is 10.4. The van der Waals surface area contributed by atoms with Gasteiger partial charge in [0.15, 0.2) is 11.7 Å². The molecule has 1 amide bonds. The van der Waals surface area contributed by atoms with Crippen LogP contribution >= 0.6 is 0 Å². The van der Waals surface area contributed by atoms with Gasteiger partial charge in [-0.2, -0.15) is 0 Å². The van der Waals surface area contributed by atoms with E-state index in [4.69, 9.17) is 23.7 Å². The molecule has 2 saturated heterocycles. The van der Waals surface area contributed by atoms with E-state index in [2.05, 4.69) is 5.32 Å². The normalized spacial score (nSPS) is 33.0. The van der Waals surface area contributed by atoms with Gasteiger partial charge in [-0.1, -0.05) is 60.7 Å². The Balaban J connectivity index is 1.55. The maximum Gasteiger partial charge on any atom is 0.303 e. The summed E-state index contributed by atoms with van der Waals surface area (Å²) in [5.74, 6) is -1.31. The van der Waals surface area contributed by atoms with Crippen molar-refractivity contribution in [3.8, 4) is 0 Å². The first-order valence-corrected chi connectivity index (χ1v) is 12.8. The van der Waals surface area contributed by atoms with Crippen molar-refractivity contribution in [2.45, 2.75) is 88.5 Å². The molecule has 202 valence electrons. The lowest BCUT2D eigenvalue weighted by Gasteiger charge is -2.67. The molecule has 2 saturated carbocycles. The first-order valence-electron chi connectivity index (χ1n) is 12.8. The van der Waals surface area contributed by atoms with Crippen LogP contribution in [0.15, 0.2) is 60.7 Å². The maximum absolute atomic E-state index is 12.7. The number of hydrogen-bond acceptors (Lipinski definition) is 8. The highest BCUT2D eigenvalue weighted by Gasteiger charge is 2.76. The largest absolute Gasteiger partial charge is 0.455 e. The number of rotatable bonds is 9. The number of carbonyl (C=O) groups is 3. The molecule has 6 rings (SSSR count). The number of carbonyl (C=O) groups excluding carboxylic acids is 3. The fourth-order valence-electron chi connectivity index (χ4n) is 6.45. The van der Waals surface area contributed by atoms with Crippen LogP contribution in [0.2, 0.25) is 0 Å². The Morgan fingerprint density at radius 1 is 0.842 bits per heavy atom. The van der Waals surface area contributed by atoms with Crippen molar-refractivity contribution in [3.05, 3.63) is 71.8 Å². The molecule has 4 bridgehead atoms. The quantitative estimate of drug-likeness (QED) is 0.500. The minimum atomic E-state index is -1.20. The van der Waals surface area contributed by atoms with E-state index in [1.54, 1.807) is 0 Å². The summed E-state index contributed by atoms with van der Waals surface area (Å²) in [6.07, 6.45) is -3.19. The van der Waals surface area contributed by atoms with Gasteiger partial charge in [0.25, 0.3) is 0 Å². The zero-order valence-corrected chi connectivity index (χ0v) is 21.8. The molecule has 0 radical (unpaired) electrons. The van der Waals surface area contributed by atoms with Crippen LogP contribution in [0.5, 0.6) is 0 Å². The molecular formula is C29H33NO8. The van der Waals surface area contributed by atoms with Gasteiger partial charge >= 0.3 is 11.9 Å². The van der Waals surface area contributed by atoms with Crippen molar-refractivity contribution >= 4 is 17.8 Å². The lowest BCUT2D eigenvalue weighted by atomic mass is 9.55. The number of hydrogen-bond donors (Lipinski definition) is 1. The van der Waals surface area contributed by atoms with E-state index in [0.717, 1.165) is 11.1 Å². The highest BCUT2D eigenvalue weighted by Crippen LogP contribution is 2.57. The van der Waals surface area contributed by atoms with Gasteiger partial charge in [-0.15, -0.1) is 0 Å². The van der Waals surface area contributed by atoms with E-state index in [-0.39, 0.29) is 32.0 Å². The Morgan fingerprint density at radius 2 is 1.42 bits per heavy atom. The molecule has 9 nitrogen and oxygen atoms in total. The summed E-state index contributed by atoms with van der Waals surface area (Å²) in [6.45, 7) is 4.58. The monoisotopic (exact) mass is 523 g/mol. The van der Waals surface area contributed by atoms with Gasteiger partial charge < -0.3 is 29.0 Å². The molecule has 2 aromatic rings. The van der Waals surface area contributed by atoms with E-state index >= 15 is 0 Å². The predicted octanol–water partition coefficient (Wildman–Crippen LogP) is 2.84. The van der Waals surface area contributed by atoms with Crippen LogP contribution in [-0.4, -0.2) is 59.5 Å². The standard InChI is InChI=1S/C29H33NO8/c1-18(31)30-29-17-28(38-20(3)33)14-23(25(29)34-15-21-10-6-4-7-11-21)37-24(26(28)36-19(2)32)27(29)35-16-22-12-8-5-9-13-22/h4-13,23-27H,14-17H2,1-3H3,(H,30,31)/t23-,24+,25+,26+,27+,28-,29-/m0/s1. The van der Waals surface area contributed by atoms with Crippen LogP contribution in [0.1, 0.15) is 44.7 Å². The molecule has 4 aliphatic rings.